The lowest BCUT2D eigenvalue weighted by atomic mass is 10.1. The summed E-state index contributed by atoms with van der Waals surface area (Å²) in [5.41, 5.74) is 6.81. The quantitative estimate of drug-likeness (QED) is 0.687. The van der Waals surface area contributed by atoms with E-state index in [1.54, 1.807) is 0 Å². The van der Waals surface area contributed by atoms with E-state index in [1.807, 2.05) is 30.3 Å². The number of benzene rings is 1. The van der Waals surface area contributed by atoms with Gasteiger partial charge in [-0.2, -0.15) is 0 Å². The van der Waals surface area contributed by atoms with Gasteiger partial charge in [0.15, 0.2) is 0 Å². The number of carboxylic acid groups (broad SMARTS) is 1. The van der Waals surface area contributed by atoms with Gasteiger partial charge in [-0.05, 0) is 25.3 Å². The molecule has 0 aromatic heterocycles. The summed E-state index contributed by atoms with van der Waals surface area (Å²) in [7, 11) is 0. The maximum absolute atomic E-state index is 11.6. The maximum Gasteiger partial charge on any atom is 0.325 e. The molecule has 5 heteroatoms. The number of carboxylic acids is 1. The topological polar surface area (TPSA) is 92.4 Å². The Morgan fingerprint density at radius 1 is 1.33 bits per heavy atom. The monoisotopic (exact) mass is 250 g/mol. The highest BCUT2D eigenvalue weighted by molar-refractivity contribution is 5.86. The van der Waals surface area contributed by atoms with Crippen molar-refractivity contribution in [1.82, 2.24) is 5.32 Å². The molecule has 0 heterocycles. The number of aliphatic carboxylic acids is 1. The van der Waals surface area contributed by atoms with Gasteiger partial charge in [-0.1, -0.05) is 30.3 Å². The Morgan fingerprint density at radius 2 is 1.94 bits per heavy atom. The van der Waals surface area contributed by atoms with Crippen LogP contribution in [0.25, 0.3) is 0 Å². The molecule has 0 aliphatic carbocycles. The molecule has 0 aliphatic rings. The fraction of sp³-hybridized carbons (Fsp3) is 0.385. The molecule has 2 atom stereocenters. The van der Waals surface area contributed by atoms with E-state index in [9.17, 15) is 9.59 Å². The Hall–Kier alpha value is -1.88. The second-order valence-electron chi connectivity index (χ2n) is 4.20. The number of amides is 1. The molecule has 18 heavy (non-hydrogen) atoms. The summed E-state index contributed by atoms with van der Waals surface area (Å²) in [5.74, 6) is -1.50. The smallest absolute Gasteiger partial charge is 0.325 e. The van der Waals surface area contributed by atoms with Gasteiger partial charge in [-0.15, -0.1) is 0 Å². The van der Waals surface area contributed by atoms with E-state index >= 15 is 0 Å². The van der Waals surface area contributed by atoms with Crippen LogP contribution in [0.1, 0.15) is 18.9 Å². The largest absolute Gasteiger partial charge is 0.480 e. The molecular weight excluding hydrogens is 232 g/mol. The molecular formula is C13H18N2O3. The lowest BCUT2D eigenvalue weighted by Crippen LogP contribution is -2.47. The molecule has 1 aromatic rings. The molecule has 0 fully saturated rings. The van der Waals surface area contributed by atoms with E-state index in [4.69, 9.17) is 10.8 Å². The zero-order valence-corrected chi connectivity index (χ0v) is 10.3. The summed E-state index contributed by atoms with van der Waals surface area (Å²) in [6.45, 7) is 1.41. The Labute approximate surface area is 106 Å². The molecule has 1 aromatic carbocycles. The predicted octanol–water partition coefficient (Wildman–Crippen LogP) is 0.536. The second-order valence-corrected chi connectivity index (χ2v) is 4.20. The maximum atomic E-state index is 11.6. The second kappa shape index (κ2) is 6.76. The number of rotatable bonds is 6. The van der Waals surface area contributed by atoms with Crippen molar-refractivity contribution in [3.05, 3.63) is 35.9 Å². The first-order valence-corrected chi connectivity index (χ1v) is 5.83. The lowest BCUT2D eigenvalue weighted by molar-refractivity contribution is -0.141. The van der Waals surface area contributed by atoms with Crippen LogP contribution in [-0.4, -0.2) is 29.1 Å². The fourth-order valence-electron chi connectivity index (χ4n) is 1.48. The number of nitrogens with two attached hydrogens (primary N) is 1. The summed E-state index contributed by atoms with van der Waals surface area (Å²) in [5, 5.41) is 11.0. The van der Waals surface area contributed by atoms with Gasteiger partial charge in [0, 0.05) is 0 Å². The molecule has 0 spiro atoms. The zero-order chi connectivity index (χ0) is 13.5. The fourth-order valence-corrected chi connectivity index (χ4v) is 1.48. The first-order valence-electron chi connectivity index (χ1n) is 5.83. The van der Waals surface area contributed by atoms with Crippen molar-refractivity contribution >= 4 is 11.9 Å². The van der Waals surface area contributed by atoms with Crippen LogP contribution in [0.5, 0.6) is 0 Å². The highest BCUT2D eigenvalue weighted by Gasteiger charge is 2.18. The molecule has 1 amide bonds. The average molecular weight is 250 g/mol. The third-order valence-electron chi connectivity index (χ3n) is 2.65. The minimum absolute atomic E-state index is 0.430. The highest BCUT2D eigenvalue weighted by Crippen LogP contribution is 2.04. The number of nitrogens with one attached hydrogen (secondary N) is 1. The van der Waals surface area contributed by atoms with Crippen molar-refractivity contribution in [2.75, 3.05) is 0 Å². The lowest BCUT2D eigenvalue weighted by Gasteiger charge is -2.14. The van der Waals surface area contributed by atoms with Crippen LogP contribution in [0, 0.1) is 0 Å². The first kappa shape index (κ1) is 14.2. The minimum Gasteiger partial charge on any atom is -0.480 e. The molecule has 1 rings (SSSR count). The highest BCUT2D eigenvalue weighted by atomic mass is 16.4. The van der Waals surface area contributed by atoms with Crippen LogP contribution in [0.2, 0.25) is 0 Å². The van der Waals surface area contributed by atoms with E-state index < -0.39 is 24.0 Å². The summed E-state index contributed by atoms with van der Waals surface area (Å²) < 4.78 is 0. The summed E-state index contributed by atoms with van der Waals surface area (Å²) in [4.78, 5) is 22.2. The summed E-state index contributed by atoms with van der Waals surface area (Å²) in [6, 6.07) is 8.09. The van der Waals surface area contributed by atoms with Crippen molar-refractivity contribution in [3.63, 3.8) is 0 Å². The molecule has 0 saturated carbocycles. The van der Waals surface area contributed by atoms with Crippen LogP contribution in [0.15, 0.2) is 30.3 Å². The Bertz CT molecular complexity index is 406. The number of carbonyl (C=O) groups is 2. The molecule has 1 unspecified atom stereocenters. The van der Waals surface area contributed by atoms with Gasteiger partial charge in [0.2, 0.25) is 5.91 Å². The number of carbonyl (C=O) groups excluding carboxylic acids is 1. The molecule has 0 radical (unpaired) electrons. The first-order chi connectivity index (χ1) is 8.50. The Kier molecular flexibility index (Phi) is 5.32. The number of hydrogen-bond donors (Lipinski definition) is 3. The molecule has 98 valence electrons. The van der Waals surface area contributed by atoms with E-state index in [2.05, 4.69) is 5.32 Å². The van der Waals surface area contributed by atoms with Crippen molar-refractivity contribution in [3.8, 4) is 0 Å². The van der Waals surface area contributed by atoms with E-state index in [0.29, 0.717) is 12.8 Å². The van der Waals surface area contributed by atoms with E-state index in [0.717, 1.165) is 5.56 Å². The van der Waals surface area contributed by atoms with Crippen molar-refractivity contribution < 1.29 is 14.7 Å². The van der Waals surface area contributed by atoms with Crippen LogP contribution >= 0.6 is 0 Å². The SMILES string of the molecule is C[C@H](NC(=O)C(N)CCc1ccccc1)C(=O)O. The van der Waals surface area contributed by atoms with Gasteiger partial charge < -0.3 is 16.2 Å². The van der Waals surface area contributed by atoms with Gasteiger partial charge in [0.05, 0.1) is 6.04 Å². The van der Waals surface area contributed by atoms with Gasteiger partial charge in [0.1, 0.15) is 6.04 Å². The van der Waals surface area contributed by atoms with Gasteiger partial charge in [-0.25, -0.2) is 0 Å². The summed E-state index contributed by atoms with van der Waals surface area (Å²) >= 11 is 0. The van der Waals surface area contributed by atoms with Crippen LogP contribution in [-0.2, 0) is 16.0 Å². The number of aryl methyl sites for hydroxylation is 1. The molecule has 5 nitrogen and oxygen atoms in total. The van der Waals surface area contributed by atoms with Gasteiger partial charge in [-0.3, -0.25) is 9.59 Å². The predicted molar refractivity (Wildman–Crippen MR) is 68.0 cm³/mol. The average Bonchev–Trinajstić information content (AvgIpc) is 2.36. The standard InChI is InChI=1S/C13H18N2O3/c1-9(13(17)18)15-12(16)11(14)8-7-10-5-3-2-4-6-10/h2-6,9,11H,7-8,14H2,1H3,(H,15,16)(H,17,18)/t9-,11?/m0/s1. The zero-order valence-electron chi connectivity index (χ0n) is 10.3. The third kappa shape index (κ3) is 4.55. The molecule has 0 aliphatic heterocycles. The van der Waals surface area contributed by atoms with Gasteiger partial charge in [0.25, 0.3) is 0 Å². The Balaban J connectivity index is 2.39. The van der Waals surface area contributed by atoms with Crippen molar-refractivity contribution in [2.24, 2.45) is 5.73 Å². The van der Waals surface area contributed by atoms with Gasteiger partial charge >= 0.3 is 5.97 Å². The number of hydrogen-bond acceptors (Lipinski definition) is 3. The summed E-state index contributed by atoms with van der Waals surface area (Å²) in [6.07, 6.45) is 1.18. The van der Waals surface area contributed by atoms with Crippen LogP contribution in [0.3, 0.4) is 0 Å². The normalized spacial score (nSPS) is 13.7. The van der Waals surface area contributed by atoms with Crippen LogP contribution in [0.4, 0.5) is 0 Å². The molecule has 4 N–H and O–H groups in total. The van der Waals surface area contributed by atoms with Crippen molar-refractivity contribution in [2.45, 2.75) is 31.8 Å². The van der Waals surface area contributed by atoms with Crippen LogP contribution < -0.4 is 11.1 Å². The molecule has 0 bridgehead atoms. The van der Waals surface area contributed by atoms with E-state index in [1.165, 1.54) is 6.92 Å². The van der Waals surface area contributed by atoms with Crippen molar-refractivity contribution in [1.29, 1.82) is 0 Å². The third-order valence-corrected chi connectivity index (χ3v) is 2.65. The Morgan fingerprint density at radius 3 is 2.50 bits per heavy atom. The van der Waals surface area contributed by atoms with E-state index in [-0.39, 0.29) is 0 Å². The minimum atomic E-state index is -1.07. The molecule has 0 saturated heterocycles.